The lowest BCUT2D eigenvalue weighted by molar-refractivity contribution is -0.344. The van der Waals surface area contributed by atoms with Crippen LogP contribution in [-0.2, 0) is 56.5 Å². The van der Waals surface area contributed by atoms with E-state index in [9.17, 15) is 24.3 Å². The molecule has 6 rings (SSSR count). The van der Waals surface area contributed by atoms with Crippen LogP contribution in [0.2, 0.25) is 36.3 Å². The number of unbranched alkanes of at least 4 members (excludes halogenated alkanes) is 2. The van der Waals surface area contributed by atoms with Crippen LogP contribution in [0.25, 0.3) is 0 Å². The van der Waals surface area contributed by atoms with Gasteiger partial charge in [-0.1, -0.05) is 124 Å². The van der Waals surface area contributed by atoms with E-state index in [-0.39, 0.29) is 36.5 Å². The highest BCUT2D eigenvalue weighted by molar-refractivity contribution is 6.74. The summed E-state index contributed by atoms with van der Waals surface area (Å²) >= 11 is 0. The van der Waals surface area contributed by atoms with Gasteiger partial charge in [0.05, 0.1) is 35.6 Å². The molecule has 76 heavy (non-hydrogen) atoms. The minimum absolute atomic E-state index is 0.0980. The van der Waals surface area contributed by atoms with Crippen LogP contribution in [0.5, 0.6) is 0 Å². The lowest BCUT2D eigenvalue weighted by atomic mass is 9.44. The fourth-order valence-electron chi connectivity index (χ4n) is 12.5. The van der Waals surface area contributed by atoms with E-state index in [4.69, 9.17) is 32.5 Å². The van der Waals surface area contributed by atoms with Crippen LogP contribution < -0.4 is 0 Å². The summed E-state index contributed by atoms with van der Waals surface area (Å²) in [5.74, 6) is -5.37. The molecule has 17 heteroatoms. The molecule has 420 valence electrons. The maximum absolute atomic E-state index is 16.6. The second-order valence-electron chi connectivity index (χ2n) is 24.1. The van der Waals surface area contributed by atoms with E-state index in [0.29, 0.717) is 35.7 Å². The summed E-state index contributed by atoms with van der Waals surface area (Å²) in [6.45, 7) is 27.4. The summed E-state index contributed by atoms with van der Waals surface area (Å²) in [7, 11) is -3.88. The molecule has 1 unspecified atom stereocenters. The smallest absolute Gasteiger partial charge is 0.338 e. The molecule has 4 aliphatic rings. The number of Topliss-reactive ketones (excluding diaryl/α,β-unsaturated/α-hetero) is 1. The zero-order valence-corrected chi connectivity index (χ0v) is 50.2. The number of likely N-dealkylation sites (N-methyl/N-ethyl adjacent to an activating group) is 1. The van der Waals surface area contributed by atoms with Gasteiger partial charge in [-0.25, -0.2) is 9.59 Å². The molecule has 1 amide bonds. The van der Waals surface area contributed by atoms with Gasteiger partial charge in [-0.3, -0.25) is 19.2 Å². The first-order valence-electron chi connectivity index (χ1n) is 27.6. The minimum atomic E-state index is -2.91. The van der Waals surface area contributed by atoms with Crippen molar-refractivity contribution in [2.75, 3.05) is 13.7 Å². The van der Waals surface area contributed by atoms with Crippen molar-refractivity contribution in [3.63, 3.8) is 0 Å². The van der Waals surface area contributed by atoms with Crippen molar-refractivity contribution in [3.05, 3.63) is 82.9 Å². The van der Waals surface area contributed by atoms with Crippen LogP contribution in [0.3, 0.4) is 0 Å². The highest BCUT2D eigenvalue weighted by atomic mass is 28.4. The van der Waals surface area contributed by atoms with Crippen molar-refractivity contribution in [3.8, 4) is 0 Å². The standard InChI is InChI=1S/C59H87NO14Si2/c1-17-21-24-33-45(63)60(14)47(40-29-25-22-26-30-40)49(74-75(15,16)55(8,9)10)54(66)70-42-35-59(67)52(71-53(65)41-31-27-23-28-32-41)50-57(13,51(64)48(69-38(6)61)46(37(42)5)56(59,11)12)43(73-76(18-2,19-3)20-4)34-44-58(50,36-68-44)72-39(7)62/h22-23,25-32,42-44,47-50,52,67H,17-21,24,33-36H2,1-16H3/t42-,43-,44?,47-,48+,49+,50-,52-,57+,58-,59+/m0/s1. The summed E-state index contributed by atoms with van der Waals surface area (Å²) in [4.78, 5) is 90.3. The van der Waals surface area contributed by atoms with Crippen LogP contribution in [-0.4, -0.2) is 124 Å². The van der Waals surface area contributed by atoms with Gasteiger partial charge in [0.15, 0.2) is 40.2 Å². The lowest BCUT2D eigenvalue weighted by Crippen LogP contribution is -2.82. The highest BCUT2D eigenvalue weighted by Crippen LogP contribution is 2.65. The third-order valence-electron chi connectivity index (χ3n) is 18.4. The molecule has 2 aromatic carbocycles. The molecule has 1 saturated heterocycles. The summed E-state index contributed by atoms with van der Waals surface area (Å²) in [6, 6.07) is 18.6. The molecule has 3 fully saturated rings. The fraction of sp³-hybridized carbons (Fsp3) is 0.661. The van der Waals surface area contributed by atoms with Gasteiger partial charge in [-0.2, -0.15) is 0 Å². The van der Waals surface area contributed by atoms with Crippen LogP contribution in [0.1, 0.15) is 150 Å². The molecular weight excluding hydrogens is 1000 g/mol. The highest BCUT2D eigenvalue weighted by Gasteiger charge is 2.79. The second-order valence-corrected chi connectivity index (χ2v) is 33.6. The number of rotatable bonds is 20. The van der Waals surface area contributed by atoms with E-state index in [1.807, 2.05) is 64.2 Å². The van der Waals surface area contributed by atoms with E-state index in [0.717, 1.165) is 12.8 Å². The number of fused-ring (bicyclic) bond motifs is 5. The number of carbonyl (C=O) groups is 6. The Morgan fingerprint density at radius 2 is 1.45 bits per heavy atom. The Labute approximate surface area is 453 Å². The molecule has 1 aliphatic heterocycles. The number of hydrogen-bond donors (Lipinski definition) is 1. The fourth-order valence-corrected chi connectivity index (χ4v) is 16.7. The molecule has 2 bridgehead atoms. The van der Waals surface area contributed by atoms with Crippen molar-refractivity contribution in [1.82, 2.24) is 4.90 Å². The molecule has 0 spiro atoms. The van der Waals surface area contributed by atoms with Crippen molar-refractivity contribution < 1.29 is 66.4 Å². The van der Waals surface area contributed by atoms with Gasteiger partial charge in [0, 0.05) is 45.6 Å². The summed E-state index contributed by atoms with van der Waals surface area (Å²) in [6.07, 6.45) is -5.73. The summed E-state index contributed by atoms with van der Waals surface area (Å²) < 4.78 is 47.2. The molecule has 2 saturated carbocycles. The predicted molar refractivity (Wildman–Crippen MR) is 293 cm³/mol. The quantitative estimate of drug-likeness (QED) is 0.0433. The second kappa shape index (κ2) is 23.1. The third-order valence-corrected chi connectivity index (χ3v) is 27.5. The predicted octanol–water partition coefficient (Wildman–Crippen LogP) is 10.4. The Morgan fingerprint density at radius 3 is 1.96 bits per heavy atom. The molecular formula is C59H87NO14Si2. The monoisotopic (exact) mass is 1090 g/mol. The van der Waals surface area contributed by atoms with Gasteiger partial charge >= 0.3 is 23.9 Å². The number of esters is 4. The van der Waals surface area contributed by atoms with Gasteiger partial charge in [0.25, 0.3) is 0 Å². The molecule has 15 nitrogen and oxygen atoms in total. The van der Waals surface area contributed by atoms with E-state index in [1.165, 1.54) is 13.8 Å². The Morgan fingerprint density at radius 1 is 0.855 bits per heavy atom. The van der Waals surface area contributed by atoms with E-state index in [1.54, 1.807) is 70.0 Å². The Hall–Kier alpha value is -4.53. The zero-order valence-electron chi connectivity index (χ0n) is 48.2. The molecule has 0 aromatic heterocycles. The summed E-state index contributed by atoms with van der Waals surface area (Å²) in [5, 5.41) is 14.0. The number of ketones is 1. The number of amides is 1. The molecule has 3 aliphatic carbocycles. The number of carbonyl (C=O) groups excluding carboxylic acids is 6. The van der Waals surface area contributed by atoms with Crippen molar-refractivity contribution in [1.29, 1.82) is 0 Å². The van der Waals surface area contributed by atoms with Gasteiger partial charge in [-0.05, 0) is 85.4 Å². The maximum atomic E-state index is 16.6. The third kappa shape index (κ3) is 11.1. The normalized spacial score (nSPS) is 29.0. The molecule has 1 heterocycles. The van der Waals surface area contributed by atoms with Crippen molar-refractivity contribution in [2.45, 2.75) is 219 Å². The number of nitrogens with zero attached hydrogens (tertiary/aromatic N) is 1. The molecule has 2 aromatic rings. The first kappa shape index (κ1) is 60.7. The van der Waals surface area contributed by atoms with E-state index < -0.39 is 128 Å². The summed E-state index contributed by atoms with van der Waals surface area (Å²) in [5.41, 5.74) is -6.16. The average molecular weight is 1090 g/mol. The van der Waals surface area contributed by atoms with Gasteiger partial charge in [0.1, 0.15) is 23.9 Å². The zero-order chi connectivity index (χ0) is 56.6. The largest absolute Gasteiger partial charge is 0.456 e. The number of hydrogen-bond acceptors (Lipinski definition) is 14. The Balaban J connectivity index is 1.66. The van der Waals surface area contributed by atoms with Gasteiger partial charge in [-0.15, -0.1) is 0 Å². The maximum Gasteiger partial charge on any atom is 0.338 e. The first-order valence-corrected chi connectivity index (χ1v) is 33.0. The van der Waals surface area contributed by atoms with Crippen LogP contribution in [0.15, 0.2) is 71.8 Å². The van der Waals surface area contributed by atoms with Gasteiger partial charge < -0.3 is 42.5 Å². The Kier molecular flexibility index (Phi) is 18.4. The molecule has 11 atom stereocenters. The van der Waals surface area contributed by atoms with Crippen LogP contribution in [0.4, 0.5) is 0 Å². The van der Waals surface area contributed by atoms with Crippen LogP contribution >= 0.6 is 0 Å². The van der Waals surface area contributed by atoms with Crippen molar-refractivity contribution >= 4 is 52.2 Å². The van der Waals surface area contributed by atoms with E-state index >= 15 is 9.59 Å². The lowest BCUT2D eigenvalue weighted by Gasteiger charge is -2.68. The van der Waals surface area contributed by atoms with Crippen molar-refractivity contribution in [2.24, 2.45) is 16.7 Å². The average Bonchev–Trinajstić information content (AvgIpc) is 3.35. The minimum Gasteiger partial charge on any atom is -0.456 e. The van der Waals surface area contributed by atoms with Gasteiger partial charge in [0.2, 0.25) is 5.91 Å². The Bertz CT molecular complexity index is 2480. The number of aliphatic hydroxyl groups is 1. The van der Waals surface area contributed by atoms with E-state index in [2.05, 4.69) is 27.7 Å². The number of ether oxygens (including phenoxy) is 5. The molecule has 0 radical (unpaired) electrons. The SMILES string of the molecule is CCCCCC(=O)N(C)[C@@H](c1ccccc1)[C@@H](O[Si](C)(C)C(C)(C)C)C(=O)O[C@H]1C[C@@]2(O)[C@@H](OC(=O)c3ccccc3)[C@H]3[C@](C)(C(=O)[C@H](OC(C)=O)C(=C1C)C2(C)C)[C@@H](O[Si](CC)(CC)CC)CC1OC[C@]13OC(C)=O. The molecule has 1 N–H and O–H groups in total. The topological polar surface area (TPSA) is 190 Å². The first-order chi connectivity index (χ1) is 35.5. The number of benzene rings is 2. The van der Waals surface area contributed by atoms with Crippen LogP contribution in [0, 0.1) is 16.7 Å².